The molecule has 5 heteroatoms. The lowest BCUT2D eigenvalue weighted by atomic mass is 9.70. The van der Waals surface area contributed by atoms with Crippen LogP contribution in [0.1, 0.15) is 19.4 Å². The topological polar surface area (TPSA) is 49.7 Å². The fourth-order valence-corrected chi connectivity index (χ4v) is 2.95. The number of para-hydroxylation sites is 1. The van der Waals surface area contributed by atoms with Crippen molar-refractivity contribution < 1.29 is 14.3 Å². The molecule has 0 bridgehead atoms. The van der Waals surface area contributed by atoms with Gasteiger partial charge in [0.1, 0.15) is 5.75 Å². The molecule has 0 radical (unpaired) electrons. The lowest BCUT2D eigenvalue weighted by Gasteiger charge is -2.35. The number of hydrogen-bond donors (Lipinski definition) is 2. The largest absolute Gasteiger partial charge is 0.424 e. The highest BCUT2D eigenvalue weighted by molar-refractivity contribution is 8.06. The van der Waals surface area contributed by atoms with Crippen LogP contribution in [0.4, 0.5) is 0 Å². The van der Waals surface area contributed by atoms with Gasteiger partial charge in [-0.1, -0.05) is 56.4 Å². The molecule has 0 aromatic heterocycles. The van der Waals surface area contributed by atoms with E-state index in [1.54, 1.807) is 12.1 Å². The van der Waals surface area contributed by atoms with Gasteiger partial charge in [0, 0.05) is 22.8 Å². The molecular formula is C14H17O3PS. The van der Waals surface area contributed by atoms with Crippen LogP contribution in [0.25, 0.3) is 0 Å². The summed E-state index contributed by atoms with van der Waals surface area (Å²) in [7, 11) is 0. The Morgan fingerprint density at radius 3 is 2.58 bits per heavy atom. The molecule has 19 heavy (non-hydrogen) atoms. The minimum atomic E-state index is -3.72. The predicted molar refractivity (Wildman–Crippen MR) is 80.6 cm³/mol. The van der Waals surface area contributed by atoms with Gasteiger partial charge >= 0.3 is 6.72 Å². The smallest absolute Gasteiger partial charge is 0.375 e. The van der Waals surface area contributed by atoms with Crippen LogP contribution in [0.15, 0.2) is 48.6 Å². The van der Waals surface area contributed by atoms with Crippen molar-refractivity contribution in [2.75, 3.05) is 0 Å². The van der Waals surface area contributed by atoms with Crippen LogP contribution in [-0.2, 0) is 17.2 Å². The monoisotopic (exact) mass is 296 g/mol. The average Bonchev–Trinajstić information content (AvgIpc) is 2.32. The maximum atomic E-state index is 9.37. The summed E-state index contributed by atoms with van der Waals surface area (Å²) < 4.78 is 5.18. The molecule has 0 saturated heterocycles. The molecule has 3 nitrogen and oxygen atoms in total. The van der Waals surface area contributed by atoms with Crippen molar-refractivity contribution in [3.05, 3.63) is 54.1 Å². The maximum Gasteiger partial charge on any atom is 0.375 e. The summed E-state index contributed by atoms with van der Waals surface area (Å²) >= 11 is 4.56. The zero-order chi connectivity index (χ0) is 14.1. The van der Waals surface area contributed by atoms with Crippen LogP contribution in [0.3, 0.4) is 0 Å². The van der Waals surface area contributed by atoms with Gasteiger partial charge in [0.15, 0.2) is 0 Å². The van der Waals surface area contributed by atoms with Crippen LogP contribution < -0.4 is 4.52 Å². The SMILES string of the molecule is CC1C=CC=CC1(C)c1ccccc1OP(O)(O)=S. The first-order chi connectivity index (χ1) is 8.83. The van der Waals surface area contributed by atoms with Crippen molar-refractivity contribution in [3.8, 4) is 5.75 Å². The van der Waals surface area contributed by atoms with Gasteiger partial charge in [-0.05, 0) is 12.0 Å². The molecule has 0 saturated carbocycles. The first kappa shape index (κ1) is 14.5. The van der Waals surface area contributed by atoms with E-state index in [-0.39, 0.29) is 11.3 Å². The molecule has 1 aromatic rings. The highest BCUT2D eigenvalue weighted by Crippen LogP contribution is 2.46. The van der Waals surface area contributed by atoms with Crippen molar-refractivity contribution in [2.24, 2.45) is 5.92 Å². The van der Waals surface area contributed by atoms with Gasteiger partial charge in [-0.2, -0.15) is 0 Å². The lowest BCUT2D eigenvalue weighted by molar-refractivity contribution is 0.361. The molecule has 102 valence electrons. The van der Waals surface area contributed by atoms with Crippen molar-refractivity contribution in [3.63, 3.8) is 0 Å². The zero-order valence-corrected chi connectivity index (χ0v) is 12.6. The molecule has 1 aliphatic rings. The Balaban J connectivity index is 2.48. The van der Waals surface area contributed by atoms with E-state index in [1.165, 1.54) is 0 Å². The van der Waals surface area contributed by atoms with Gasteiger partial charge in [-0.3, -0.25) is 0 Å². The Bertz CT molecular complexity index is 576. The fourth-order valence-electron chi connectivity index (χ4n) is 2.29. The minimum absolute atomic E-state index is 0.254. The second-order valence-electron chi connectivity index (χ2n) is 4.89. The molecule has 0 aliphatic heterocycles. The first-order valence-electron chi connectivity index (χ1n) is 6.03. The van der Waals surface area contributed by atoms with E-state index >= 15 is 0 Å². The van der Waals surface area contributed by atoms with E-state index in [2.05, 4.69) is 37.8 Å². The van der Waals surface area contributed by atoms with E-state index < -0.39 is 6.72 Å². The highest BCUT2D eigenvalue weighted by atomic mass is 32.5. The van der Waals surface area contributed by atoms with E-state index in [4.69, 9.17) is 4.52 Å². The quantitative estimate of drug-likeness (QED) is 0.840. The summed E-state index contributed by atoms with van der Waals surface area (Å²) in [6.07, 6.45) is 8.21. The third-order valence-corrected chi connectivity index (χ3v) is 4.24. The Hall–Kier alpha value is -0.930. The van der Waals surface area contributed by atoms with E-state index in [0.29, 0.717) is 5.75 Å². The number of hydrogen-bond acceptors (Lipinski definition) is 2. The molecule has 2 unspecified atom stereocenters. The van der Waals surface area contributed by atoms with Gasteiger partial charge < -0.3 is 14.3 Å². The summed E-state index contributed by atoms with van der Waals surface area (Å²) in [5, 5.41) is 0. The third kappa shape index (κ3) is 3.15. The van der Waals surface area contributed by atoms with Crippen LogP contribution in [0.5, 0.6) is 5.75 Å². The van der Waals surface area contributed by atoms with Crippen molar-refractivity contribution in [1.82, 2.24) is 0 Å². The summed E-state index contributed by atoms with van der Waals surface area (Å²) in [5.41, 5.74) is 0.649. The molecule has 2 atom stereocenters. The maximum absolute atomic E-state index is 9.37. The number of allylic oxidation sites excluding steroid dienone is 4. The fraction of sp³-hybridized carbons (Fsp3) is 0.286. The predicted octanol–water partition coefficient (Wildman–Crippen LogP) is 3.29. The van der Waals surface area contributed by atoms with Crippen LogP contribution in [-0.4, -0.2) is 9.79 Å². The standard InChI is InChI=1S/C14H17O3PS/c1-11-7-5-6-10-14(11,2)12-8-3-4-9-13(12)17-18(15,16)19/h3-11H,1-2H3,(H2,15,16,19). The summed E-state index contributed by atoms with van der Waals surface area (Å²) in [4.78, 5) is 18.7. The second kappa shape index (κ2) is 5.22. The normalized spacial score (nSPS) is 26.4. The molecular weight excluding hydrogens is 279 g/mol. The summed E-state index contributed by atoms with van der Waals surface area (Å²) in [6, 6.07) is 7.35. The molecule has 0 heterocycles. The molecule has 2 rings (SSSR count). The second-order valence-corrected chi connectivity index (χ2v) is 7.48. The number of rotatable bonds is 3. The van der Waals surface area contributed by atoms with Crippen LogP contribution >= 0.6 is 6.72 Å². The first-order valence-corrected chi connectivity index (χ1v) is 8.66. The van der Waals surface area contributed by atoms with Gasteiger partial charge in [0.25, 0.3) is 0 Å². The summed E-state index contributed by atoms with van der Waals surface area (Å²) in [6.45, 7) is 0.487. The Morgan fingerprint density at radius 1 is 1.26 bits per heavy atom. The van der Waals surface area contributed by atoms with Crippen LogP contribution in [0, 0.1) is 5.92 Å². The minimum Gasteiger partial charge on any atom is -0.424 e. The lowest BCUT2D eigenvalue weighted by Crippen LogP contribution is -2.28. The van der Waals surface area contributed by atoms with Gasteiger partial charge in [-0.25, -0.2) is 0 Å². The Morgan fingerprint density at radius 2 is 1.95 bits per heavy atom. The molecule has 0 spiro atoms. The highest BCUT2D eigenvalue weighted by Gasteiger charge is 2.33. The van der Waals surface area contributed by atoms with Crippen molar-refractivity contribution in [1.29, 1.82) is 0 Å². The molecule has 0 amide bonds. The molecule has 1 aromatic carbocycles. The van der Waals surface area contributed by atoms with Gasteiger partial charge in [-0.15, -0.1) is 0 Å². The Labute approximate surface area is 118 Å². The van der Waals surface area contributed by atoms with E-state index in [1.807, 2.05) is 24.3 Å². The van der Waals surface area contributed by atoms with Gasteiger partial charge in [0.05, 0.1) is 0 Å². The average molecular weight is 296 g/mol. The number of benzene rings is 1. The van der Waals surface area contributed by atoms with Gasteiger partial charge in [0.2, 0.25) is 0 Å². The summed E-state index contributed by atoms with van der Waals surface area (Å²) in [5.74, 6) is 0.711. The zero-order valence-electron chi connectivity index (χ0n) is 10.9. The third-order valence-electron chi connectivity index (χ3n) is 3.58. The van der Waals surface area contributed by atoms with E-state index in [9.17, 15) is 9.79 Å². The molecule has 1 aliphatic carbocycles. The molecule has 2 N–H and O–H groups in total. The van der Waals surface area contributed by atoms with Crippen molar-refractivity contribution in [2.45, 2.75) is 19.3 Å². The van der Waals surface area contributed by atoms with E-state index in [0.717, 1.165) is 5.56 Å². The van der Waals surface area contributed by atoms with Crippen molar-refractivity contribution >= 4 is 18.5 Å². The van der Waals surface area contributed by atoms with Crippen LogP contribution in [0.2, 0.25) is 0 Å². The Kier molecular flexibility index (Phi) is 3.98. The molecule has 0 fully saturated rings.